The number of hydrogen-bond acceptors (Lipinski definition) is 2. The summed E-state index contributed by atoms with van der Waals surface area (Å²) < 4.78 is 14.1. The number of rotatable bonds is 5. The Kier molecular flexibility index (Phi) is 5.59. The van der Waals surface area contributed by atoms with Gasteiger partial charge in [0.15, 0.2) is 0 Å². The van der Waals surface area contributed by atoms with Gasteiger partial charge in [-0.25, -0.2) is 4.39 Å². The van der Waals surface area contributed by atoms with Crippen molar-refractivity contribution in [3.05, 3.63) is 69.5 Å². The highest BCUT2D eigenvalue weighted by Crippen LogP contribution is 2.30. The average Bonchev–Trinajstić information content (AvgIpc) is 2.45. The molecule has 0 amide bonds. The first kappa shape index (κ1) is 16.2. The van der Waals surface area contributed by atoms with Crippen LogP contribution in [0.5, 0.6) is 0 Å². The number of hydrogen-bond donors (Lipinski definition) is 1. The standard InChI is InChI=1S/C16H17Cl2FN2/c1-21(10-11-5-2-3-6-12(11)17)15(9-20)16-13(18)7-4-8-14(16)19/h2-8,15H,9-10,20H2,1H3. The second kappa shape index (κ2) is 7.23. The van der Waals surface area contributed by atoms with Gasteiger partial charge in [-0.2, -0.15) is 0 Å². The van der Waals surface area contributed by atoms with Gasteiger partial charge >= 0.3 is 0 Å². The van der Waals surface area contributed by atoms with E-state index >= 15 is 0 Å². The molecule has 0 aliphatic heterocycles. The van der Waals surface area contributed by atoms with Crippen LogP contribution >= 0.6 is 23.2 Å². The lowest BCUT2D eigenvalue weighted by Crippen LogP contribution is -2.31. The maximum atomic E-state index is 14.1. The number of halogens is 3. The molecule has 112 valence electrons. The Labute approximate surface area is 134 Å². The van der Waals surface area contributed by atoms with Crippen molar-refractivity contribution in [3.63, 3.8) is 0 Å². The van der Waals surface area contributed by atoms with Gasteiger partial charge in [0.2, 0.25) is 0 Å². The van der Waals surface area contributed by atoms with Gasteiger partial charge in [0.05, 0.1) is 6.04 Å². The molecule has 0 radical (unpaired) electrons. The van der Waals surface area contributed by atoms with Crippen LogP contribution in [-0.4, -0.2) is 18.5 Å². The van der Waals surface area contributed by atoms with E-state index in [9.17, 15) is 4.39 Å². The van der Waals surface area contributed by atoms with E-state index in [2.05, 4.69) is 0 Å². The molecule has 0 bridgehead atoms. The summed E-state index contributed by atoms with van der Waals surface area (Å²) in [5.41, 5.74) is 7.23. The zero-order valence-electron chi connectivity index (χ0n) is 11.7. The molecule has 0 aliphatic rings. The normalized spacial score (nSPS) is 12.7. The lowest BCUT2D eigenvalue weighted by Gasteiger charge is -2.28. The van der Waals surface area contributed by atoms with E-state index in [4.69, 9.17) is 28.9 Å². The van der Waals surface area contributed by atoms with Crippen molar-refractivity contribution >= 4 is 23.2 Å². The fourth-order valence-corrected chi connectivity index (χ4v) is 2.84. The summed E-state index contributed by atoms with van der Waals surface area (Å²) in [6.45, 7) is 0.827. The van der Waals surface area contributed by atoms with Crippen molar-refractivity contribution in [1.29, 1.82) is 0 Å². The smallest absolute Gasteiger partial charge is 0.129 e. The third kappa shape index (κ3) is 3.74. The molecule has 1 atom stereocenters. The van der Waals surface area contributed by atoms with E-state index in [1.54, 1.807) is 12.1 Å². The first-order valence-electron chi connectivity index (χ1n) is 6.62. The van der Waals surface area contributed by atoms with Crippen LogP contribution in [-0.2, 0) is 6.54 Å². The Hall–Kier alpha value is -1.13. The van der Waals surface area contributed by atoms with Gasteiger partial charge in [-0.1, -0.05) is 47.5 Å². The second-order valence-corrected chi connectivity index (χ2v) is 5.71. The molecular weight excluding hydrogens is 310 g/mol. The van der Waals surface area contributed by atoms with Gasteiger partial charge in [-0.05, 0) is 30.8 Å². The van der Waals surface area contributed by atoms with Crippen molar-refractivity contribution in [2.45, 2.75) is 12.6 Å². The third-order valence-electron chi connectivity index (χ3n) is 3.47. The van der Waals surface area contributed by atoms with Gasteiger partial charge in [-0.3, -0.25) is 4.90 Å². The van der Waals surface area contributed by atoms with E-state index in [-0.39, 0.29) is 18.4 Å². The average molecular weight is 327 g/mol. The Morgan fingerprint density at radius 3 is 2.38 bits per heavy atom. The highest BCUT2D eigenvalue weighted by Gasteiger charge is 2.22. The molecule has 5 heteroatoms. The molecule has 0 aromatic heterocycles. The largest absolute Gasteiger partial charge is 0.329 e. The van der Waals surface area contributed by atoms with Crippen LogP contribution in [0.2, 0.25) is 10.0 Å². The predicted molar refractivity (Wildman–Crippen MR) is 86.1 cm³/mol. The third-order valence-corrected chi connectivity index (χ3v) is 4.16. The minimum absolute atomic E-state index is 0.265. The SMILES string of the molecule is CN(Cc1ccccc1Cl)C(CN)c1c(F)cccc1Cl. The molecule has 2 nitrogen and oxygen atoms in total. The molecule has 0 fully saturated rings. The summed E-state index contributed by atoms with van der Waals surface area (Å²) in [6, 6.07) is 11.9. The van der Waals surface area contributed by atoms with Crippen molar-refractivity contribution in [1.82, 2.24) is 4.90 Å². The van der Waals surface area contributed by atoms with Gasteiger partial charge in [-0.15, -0.1) is 0 Å². The van der Waals surface area contributed by atoms with Gasteiger partial charge in [0.25, 0.3) is 0 Å². The topological polar surface area (TPSA) is 29.3 Å². The molecule has 2 N–H and O–H groups in total. The van der Waals surface area contributed by atoms with E-state index in [1.165, 1.54) is 6.07 Å². The summed E-state index contributed by atoms with van der Waals surface area (Å²) >= 11 is 12.3. The van der Waals surface area contributed by atoms with Crippen molar-refractivity contribution in [2.75, 3.05) is 13.6 Å². The molecular formula is C16H17Cl2FN2. The van der Waals surface area contributed by atoms with E-state index < -0.39 is 0 Å². The molecule has 0 saturated heterocycles. The molecule has 0 saturated carbocycles. The first-order chi connectivity index (χ1) is 10.0. The number of likely N-dealkylation sites (N-methyl/N-ethyl adjacent to an activating group) is 1. The maximum Gasteiger partial charge on any atom is 0.129 e. The Morgan fingerprint density at radius 2 is 1.76 bits per heavy atom. The Morgan fingerprint density at radius 1 is 1.10 bits per heavy atom. The number of benzene rings is 2. The summed E-state index contributed by atoms with van der Waals surface area (Å²) in [5, 5.41) is 1.07. The molecule has 0 heterocycles. The van der Waals surface area contributed by atoms with Crippen molar-refractivity contribution in [3.8, 4) is 0 Å². The number of nitrogens with two attached hydrogens (primary N) is 1. The second-order valence-electron chi connectivity index (χ2n) is 4.89. The fraction of sp³-hybridized carbons (Fsp3) is 0.250. The molecule has 1 unspecified atom stereocenters. The van der Waals surface area contributed by atoms with Crippen LogP contribution in [0.25, 0.3) is 0 Å². The Balaban J connectivity index is 2.27. The van der Waals surface area contributed by atoms with Crippen molar-refractivity contribution in [2.24, 2.45) is 5.73 Å². The Bertz CT molecular complexity index is 599. The van der Waals surface area contributed by atoms with E-state index in [1.807, 2.05) is 36.2 Å². The molecule has 21 heavy (non-hydrogen) atoms. The molecule has 0 aliphatic carbocycles. The van der Waals surface area contributed by atoms with Gasteiger partial charge in [0.1, 0.15) is 5.82 Å². The minimum atomic E-state index is -0.344. The van der Waals surface area contributed by atoms with Crippen LogP contribution in [0.3, 0.4) is 0 Å². The number of nitrogens with zero attached hydrogens (tertiary/aromatic N) is 1. The zero-order valence-corrected chi connectivity index (χ0v) is 13.2. The van der Waals surface area contributed by atoms with Crippen LogP contribution in [0.15, 0.2) is 42.5 Å². The van der Waals surface area contributed by atoms with E-state index in [0.717, 1.165) is 5.56 Å². The summed E-state index contributed by atoms with van der Waals surface area (Å²) in [7, 11) is 1.88. The maximum absolute atomic E-state index is 14.1. The molecule has 0 spiro atoms. The predicted octanol–water partition coefficient (Wildman–Crippen LogP) is 4.26. The lowest BCUT2D eigenvalue weighted by molar-refractivity contribution is 0.237. The summed E-state index contributed by atoms with van der Waals surface area (Å²) in [6.07, 6.45) is 0. The molecule has 2 aromatic rings. The first-order valence-corrected chi connectivity index (χ1v) is 7.37. The quantitative estimate of drug-likeness (QED) is 0.889. The van der Waals surface area contributed by atoms with Crippen LogP contribution in [0.4, 0.5) is 4.39 Å². The van der Waals surface area contributed by atoms with Gasteiger partial charge in [0, 0.05) is 28.7 Å². The van der Waals surface area contributed by atoms with Gasteiger partial charge < -0.3 is 5.73 Å². The monoisotopic (exact) mass is 326 g/mol. The van der Waals surface area contributed by atoms with Crippen molar-refractivity contribution < 1.29 is 4.39 Å². The zero-order chi connectivity index (χ0) is 15.4. The van der Waals surface area contributed by atoms with Crippen LogP contribution in [0.1, 0.15) is 17.2 Å². The highest BCUT2D eigenvalue weighted by atomic mass is 35.5. The van der Waals surface area contributed by atoms with Crippen LogP contribution < -0.4 is 5.73 Å². The fourth-order valence-electron chi connectivity index (χ4n) is 2.35. The van der Waals surface area contributed by atoms with Crippen LogP contribution in [0, 0.1) is 5.82 Å². The lowest BCUT2D eigenvalue weighted by atomic mass is 10.0. The van der Waals surface area contributed by atoms with E-state index in [0.29, 0.717) is 22.2 Å². The molecule has 2 aromatic carbocycles. The highest BCUT2D eigenvalue weighted by molar-refractivity contribution is 6.31. The molecule has 2 rings (SSSR count). The minimum Gasteiger partial charge on any atom is -0.329 e. The summed E-state index contributed by atoms with van der Waals surface area (Å²) in [5.74, 6) is -0.344. The summed E-state index contributed by atoms with van der Waals surface area (Å²) in [4.78, 5) is 1.95.